The highest BCUT2D eigenvalue weighted by Gasteiger charge is 2.37. The molecule has 2 aromatic rings. The second-order valence-corrected chi connectivity index (χ2v) is 6.13. The number of ether oxygens (including phenoxy) is 1. The largest absolute Gasteiger partial charge is 0.484 e. The summed E-state index contributed by atoms with van der Waals surface area (Å²) >= 11 is 0. The first-order valence-electron chi connectivity index (χ1n) is 7.79. The Balaban J connectivity index is 1.94. The molecule has 1 fully saturated rings. The number of aromatic nitrogens is 2. The maximum Gasteiger partial charge on any atom is 0.422 e. The minimum Gasteiger partial charge on any atom is -0.484 e. The molecule has 0 aliphatic heterocycles. The van der Waals surface area contributed by atoms with E-state index in [0.29, 0.717) is 12.8 Å². The summed E-state index contributed by atoms with van der Waals surface area (Å²) in [5.74, 6) is -0.173. The predicted octanol–water partition coefficient (Wildman–Crippen LogP) is 3.31. The summed E-state index contributed by atoms with van der Waals surface area (Å²) in [7, 11) is 0. The van der Waals surface area contributed by atoms with Crippen molar-refractivity contribution < 1.29 is 27.4 Å². The van der Waals surface area contributed by atoms with Crippen LogP contribution in [0.5, 0.6) is 5.75 Å². The number of nitrogens with two attached hydrogens (primary N) is 1. The van der Waals surface area contributed by atoms with E-state index in [0.717, 1.165) is 31.0 Å². The lowest BCUT2D eigenvalue weighted by atomic mass is 9.98. The van der Waals surface area contributed by atoms with Crippen LogP contribution in [0.1, 0.15) is 31.5 Å². The van der Waals surface area contributed by atoms with Crippen LogP contribution in [-0.4, -0.2) is 27.8 Å². The summed E-state index contributed by atoms with van der Waals surface area (Å²) in [5, 5.41) is 15.0. The van der Waals surface area contributed by atoms with Gasteiger partial charge in [-0.05, 0) is 25.0 Å². The lowest BCUT2D eigenvalue weighted by molar-refractivity contribution is -0.384. The van der Waals surface area contributed by atoms with Gasteiger partial charge in [0.05, 0.1) is 10.5 Å². The number of nitrogens with zero attached hydrogens (tertiary/aromatic N) is 3. The van der Waals surface area contributed by atoms with Crippen molar-refractivity contribution in [2.45, 2.75) is 37.4 Å². The average Bonchev–Trinajstić information content (AvgIpc) is 3.22. The number of hydrogen-bond acceptors (Lipinski definition) is 7. The Hall–Kier alpha value is -2.69. The lowest BCUT2D eigenvalue weighted by Gasteiger charge is -2.17. The van der Waals surface area contributed by atoms with E-state index in [1.807, 2.05) is 0 Å². The molecule has 2 N–H and O–H groups in total. The molecule has 0 radical (unpaired) electrons. The molecule has 0 spiro atoms. The van der Waals surface area contributed by atoms with Crippen LogP contribution in [-0.2, 0) is 5.54 Å². The topological polar surface area (TPSA) is 117 Å². The van der Waals surface area contributed by atoms with Gasteiger partial charge in [0.1, 0.15) is 11.3 Å². The molecular weight excluding hydrogens is 357 g/mol. The van der Waals surface area contributed by atoms with Gasteiger partial charge in [0.25, 0.3) is 11.6 Å². The first kappa shape index (κ1) is 18.1. The van der Waals surface area contributed by atoms with Crippen molar-refractivity contribution in [1.29, 1.82) is 0 Å². The van der Waals surface area contributed by atoms with E-state index in [2.05, 4.69) is 14.9 Å². The van der Waals surface area contributed by atoms with Crippen LogP contribution < -0.4 is 10.5 Å². The molecule has 0 amide bonds. The molecule has 26 heavy (non-hydrogen) atoms. The van der Waals surface area contributed by atoms with E-state index in [9.17, 15) is 23.3 Å². The molecule has 3 rings (SSSR count). The summed E-state index contributed by atoms with van der Waals surface area (Å²) < 4.78 is 46.6. The van der Waals surface area contributed by atoms with Crippen LogP contribution in [0.3, 0.4) is 0 Å². The van der Waals surface area contributed by atoms with Crippen molar-refractivity contribution in [3.05, 3.63) is 34.1 Å². The minimum absolute atomic E-state index is 0.130. The SMILES string of the molecule is NC1(c2noc(-c3cc(OCC(F)(F)F)ccc3[N+](=O)[O-])n2)CCCC1. The summed E-state index contributed by atoms with van der Waals surface area (Å²) in [6.45, 7) is -1.52. The molecule has 1 aliphatic rings. The van der Waals surface area contributed by atoms with E-state index in [1.54, 1.807) is 0 Å². The monoisotopic (exact) mass is 372 g/mol. The number of nitro groups is 1. The van der Waals surface area contributed by atoms with Gasteiger partial charge < -0.3 is 15.0 Å². The molecule has 0 bridgehead atoms. The van der Waals surface area contributed by atoms with Gasteiger partial charge in [-0.2, -0.15) is 18.2 Å². The van der Waals surface area contributed by atoms with Crippen molar-refractivity contribution in [2.75, 3.05) is 6.61 Å². The van der Waals surface area contributed by atoms with Gasteiger partial charge in [0, 0.05) is 6.07 Å². The Kier molecular flexibility index (Phi) is 4.57. The molecule has 1 aromatic heterocycles. The maximum atomic E-state index is 12.3. The van der Waals surface area contributed by atoms with Crippen LogP contribution in [0.4, 0.5) is 18.9 Å². The van der Waals surface area contributed by atoms with E-state index >= 15 is 0 Å². The number of halogens is 3. The van der Waals surface area contributed by atoms with Gasteiger partial charge in [-0.1, -0.05) is 18.0 Å². The Morgan fingerprint density at radius 3 is 2.65 bits per heavy atom. The van der Waals surface area contributed by atoms with Crippen molar-refractivity contribution in [2.24, 2.45) is 5.73 Å². The second-order valence-electron chi connectivity index (χ2n) is 6.13. The highest BCUT2D eigenvalue weighted by Crippen LogP contribution is 2.37. The molecule has 1 aromatic carbocycles. The van der Waals surface area contributed by atoms with Gasteiger partial charge in [-0.25, -0.2) is 0 Å². The zero-order valence-electron chi connectivity index (χ0n) is 13.5. The number of benzene rings is 1. The van der Waals surface area contributed by atoms with E-state index in [1.165, 1.54) is 0 Å². The quantitative estimate of drug-likeness (QED) is 0.632. The number of nitro benzene ring substituents is 1. The zero-order chi connectivity index (χ0) is 18.9. The maximum absolute atomic E-state index is 12.3. The molecular formula is C15H15F3N4O4. The Morgan fingerprint density at radius 1 is 1.35 bits per heavy atom. The third-order valence-corrected chi connectivity index (χ3v) is 4.16. The average molecular weight is 372 g/mol. The Bertz CT molecular complexity index is 815. The van der Waals surface area contributed by atoms with Gasteiger partial charge in [0.2, 0.25) is 0 Å². The van der Waals surface area contributed by atoms with Crippen LogP contribution >= 0.6 is 0 Å². The molecule has 1 aliphatic carbocycles. The van der Waals surface area contributed by atoms with Crippen LogP contribution in [0, 0.1) is 10.1 Å². The highest BCUT2D eigenvalue weighted by molar-refractivity contribution is 5.68. The fourth-order valence-electron chi connectivity index (χ4n) is 2.87. The summed E-state index contributed by atoms with van der Waals surface area (Å²) in [5.41, 5.74) is 4.94. The predicted molar refractivity (Wildman–Crippen MR) is 82.3 cm³/mol. The number of hydrogen-bond donors (Lipinski definition) is 1. The fourth-order valence-corrected chi connectivity index (χ4v) is 2.87. The number of rotatable bonds is 5. The molecule has 1 heterocycles. The summed E-state index contributed by atoms with van der Waals surface area (Å²) in [4.78, 5) is 14.7. The van der Waals surface area contributed by atoms with E-state index in [4.69, 9.17) is 10.3 Å². The van der Waals surface area contributed by atoms with Crippen LogP contribution in [0.2, 0.25) is 0 Å². The smallest absolute Gasteiger partial charge is 0.422 e. The van der Waals surface area contributed by atoms with Gasteiger partial charge >= 0.3 is 6.18 Å². The molecule has 0 saturated heterocycles. The van der Waals surface area contributed by atoms with E-state index < -0.39 is 28.9 Å². The minimum atomic E-state index is -4.53. The van der Waals surface area contributed by atoms with Crippen molar-refractivity contribution >= 4 is 5.69 Å². The molecule has 0 atom stereocenters. The van der Waals surface area contributed by atoms with Crippen molar-refractivity contribution in [3.63, 3.8) is 0 Å². The molecule has 140 valence electrons. The lowest BCUT2D eigenvalue weighted by Crippen LogP contribution is -2.34. The molecule has 8 nitrogen and oxygen atoms in total. The summed E-state index contributed by atoms with van der Waals surface area (Å²) in [6.07, 6.45) is -1.41. The van der Waals surface area contributed by atoms with Gasteiger partial charge in [0.15, 0.2) is 12.4 Å². The van der Waals surface area contributed by atoms with Crippen molar-refractivity contribution in [1.82, 2.24) is 10.1 Å². The highest BCUT2D eigenvalue weighted by atomic mass is 19.4. The third-order valence-electron chi connectivity index (χ3n) is 4.16. The van der Waals surface area contributed by atoms with Crippen LogP contribution in [0.15, 0.2) is 22.7 Å². The van der Waals surface area contributed by atoms with Crippen molar-refractivity contribution in [3.8, 4) is 17.2 Å². The fraction of sp³-hybridized carbons (Fsp3) is 0.467. The van der Waals surface area contributed by atoms with E-state index in [-0.39, 0.29) is 23.0 Å². The van der Waals surface area contributed by atoms with Gasteiger partial charge in [-0.15, -0.1) is 0 Å². The Morgan fingerprint density at radius 2 is 2.04 bits per heavy atom. The van der Waals surface area contributed by atoms with Gasteiger partial charge in [-0.3, -0.25) is 10.1 Å². The zero-order valence-corrected chi connectivity index (χ0v) is 13.5. The first-order chi connectivity index (χ1) is 12.2. The Labute approximate surface area is 145 Å². The normalized spacial score (nSPS) is 16.6. The van der Waals surface area contributed by atoms with Crippen LogP contribution in [0.25, 0.3) is 11.5 Å². The third kappa shape index (κ3) is 3.77. The molecule has 1 saturated carbocycles. The standard InChI is InChI=1S/C15H15F3N4O4/c16-15(17,18)8-25-9-3-4-11(22(23)24)10(7-9)12-20-13(21-26-12)14(19)5-1-2-6-14/h3-4,7H,1-2,5-6,8,19H2. The second kappa shape index (κ2) is 6.56. The first-order valence-corrected chi connectivity index (χ1v) is 7.79. The molecule has 0 unspecified atom stereocenters. The molecule has 11 heteroatoms. The summed E-state index contributed by atoms with van der Waals surface area (Å²) in [6, 6.07) is 3.17. The number of alkyl halides is 3.